The number of benzene rings is 2. The average molecular weight is 459 g/mol. The molecule has 2 aliphatic rings. The Labute approximate surface area is 190 Å². The topological polar surface area (TPSA) is 77.9 Å². The van der Waals surface area contributed by atoms with Crippen LogP contribution < -0.4 is 9.80 Å². The van der Waals surface area contributed by atoms with Crippen molar-refractivity contribution in [2.24, 2.45) is 0 Å². The number of Topliss-reactive ketones (excluding diaryl/α,β-unsaturated/α-hetero) is 1. The molecule has 0 aromatic heterocycles. The van der Waals surface area contributed by atoms with Crippen molar-refractivity contribution >= 4 is 40.6 Å². The fourth-order valence-electron chi connectivity index (χ4n) is 4.51. The molecule has 0 aliphatic carbocycles. The highest BCUT2D eigenvalue weighted by Gasteiger charge is 2.50. The van der Waals surface area contributed by atoms with Gasteiger partial charge in [-0.25, -0.2) is 4.39 Å². The minimum Gasteiger partial charge on any atom is -0.373 e. The number of aliphatic hydroxyl groups is 1. The van der Waals surface area contributed by atoms with E-state index in [0.29, 0.717) is 37.1 Å². The van der Waals surface area contributed by atoms with Gasteiger partial charge in [0.1, 0.15) is 5.82 Å². The highest BCUT2D eigenvalue weighted by Crippen LogP contribution is 2.35. The molecule has 4 rings (SSSR count). The molecule has 2 amide bonds. The number of halogens is 2. The number of ketones is 1. The van der Waals surface area contributed by atoms with Crippen molar-refractivity contribution in [2.45, 2.75) is 44.6 Å². The van der Waals surface area contributed by atoms with Gasteiger partial charge < -0.3 is 14.9 Å². The van der Waals surface area contributed by atoms with E-state index in [1.165, 1.54) is 24.0 Å². The fraction of sp³-hybridized carbons (Fsp3) is 0.375. The van der Waals surface area contributed by atoms with Crippen LogP contribution in [-0.2, 0) is 27.2 Å². The maximum absolute atomic E-state index is 13.5. The summed E-state index contributed by atoms with van der Waals surface area (Å²) in [6, 6.07) is 9.58. The Balaban J connectivity index is 1.41. The SMILES string of the molecule is CC(=O)N1CCc2cc(N3CCC(O)(C(=O)CCCc4cc(F)cc(Cl)c4)C3=O)ccc21. The van der Waals surface area contributed by atoms with Crippen LogP contribution in [0.1, 0.15) is 37.3 Å². The van der Waals surface area contributed by atoms with Gasteiger partial charge in [-0.2, -0.15) is 0 Å². The Morgan fingerprint density at radius 3 is 2.69 bits per heavy atom. The van der Waals surface area contributed by atoms with E-state index in [-0.39, 0.29) is 30.3 Å². The van der Waals surface area contributed by atoms with Gasteiger partial charge in [-0.3, -0.25) is 14.4 Å². The first-order valence-corrected chi connectivity index (χ1v) is 11.0. The molecule has 0 spiro atoms. The predicted molar refractivity (Wildman–Crippen MR) is 119 cm³/mol. The summed E-state index contributed by atoms with van der Waals surface area (Å²) in [6.07, 6.45) is 1.50. The lowest BCUT2D eigenvalue weighted by Crippen LogP contribution is -2.46. The van der Waals surface area contributed by atoms with E-state index in [4.69, 9.17) is 11.6 Å². The number of rotatable bonds is 6. The maximum Gasteiger partial charge on any atom is 0.266 e. The van der Waals surface area contributed by atoms with Gasteiger partial charge >= 0.3 is 0 Å². The molecule has 1 saturated heterocycles. The number of hydrogen-bond acceptors (Lipinski definition) is 4. The predicted octanol–water partition coefficient (Wildman–Crippen LogP) is 3.45. The zero-order valence-corrected chi connectivity index (χ0v) is 18.5. The lowest BCUT2D eigenvalue weighted by Gasteiger charge is -2.22. The third kappa shape index (κ3) is 4.14. The van der Waals surface area contributed by atoms with Crippen molar-refractivity contribution < 1.29 is 23.9 Å². The molecule has 168 valence electrons. The van der Waals surface area contributed by atoms with Crippen molar-refractivity contribution in [1.29, 1.82) is 0 Å². The number of anilines is 2. The summed E-state index contributed by atoms with van der Waals surface area (Å²) in [6.45, 7) is 2.35. The molecule has 0 saturated carbocycles. The highest BCUT2D eigenvalue weighted by molar-refractivity contribution is 6.30. The molecule has 8 heteroatoms. The summed E-state index contributed by atoms with van der Waals surface area (Å²) >= 11 is 5.85. The van der Waals surface area contributed by atoms with Crippen LogP contribution in [0.2, 0.25) is 5.02 Å². The second kappa shape index (κ2) is 8.64. The Hall–Kier alpha value is -2.77. The third-order valence-electron chi connectivity index (χ3n) is 6.20. The lowest BCUT2D eigenvalue weighted by molar-refractivity contribution is -0.147. The Morgan fingerprint density at radius 1 is 1.19 bits per heavy atom. The van der Waals surface area contributed by atoms with Gasteiger partial charge in [0.25, 0.3) is 5.91 Å². The summed E-state index contributed by atoms with van der Waals surface area (Å²) in [7, 11) is 0. The van der Waals surface area contributed by atoms with Crippen LogP contribution in [0.25, 0.3) is 0 Å². The summed E-state index contributed by atoms with van der Waals surface area (Å²) < 4.78 is 13.5. The lowest BCUT2D eigenvalue weighted by atomic mass is 9.92. The average Bonchev–Trinajstić information content (AvgIpc) is 3.29. The molecule has 1 unspecified atom stereocenters. The second-order valence-electron chi connectivity index (χ2n) is 8.36. The molecule has 2 aliphatic heterocycles. The molecule has 6 nitrogen and oxygen atoms in total. The molecule has 2 aromatic rings. The number of amides is 2. The van der Waals surface area contributed by atoms with Gasteiger partial charge in [0.15, 0.2) is 5.78 Å². The first-order chi connectivity index (χ1) is 15.2. The van der Waals surface area contributed by atoms with E-state index in [1.54, 1.807) is 23.1 Å². The zero-order valence-electron chi connectivity index (χ0n) is 17.7. The summed E-state index contributed by atoms with van der Waals surface area (Å²) in [5, 5.41) is 11.2. The summed E-state index contributed by atoms with van der Waals surface area (Å²) in [5.74, 6) is -1.64. The molecular weight excluding hydrogens is 435 g/mol. The van der Waals surface area contributed by atoms with Crippen LogP contribution in [0.3, 0.4) is 0 Å². The normalized spacial score (nSPS) is 20.1. The van der Waals surface area contributed by atoms with Crippen molar-refractivity contribution in [3.8, 4) is 0 Å². The van der Waals surface area contributed by atoms with Crippen LogP contribution in [0.5, 0.6) is 0 Å². The van der Waals surface area contributed by atoms with Gasteiger partial charge in [-0.1, -0.05) is 11.6 Å². The number of hydrogen-bond donors (Lipinski definition) is 1. The number of carbonyl (C=O) groups is 3. The second-order valence-corrected chi connectivity index (χ2v) is 8.79. The van der Waals surface area contributed by atoms with Gasteiger partial charge in [-0.15, -0.1) is 0 Å². The molecule has 0 bridgehead atoms. The molecular formula is C24H24ClFN2O4. The highest BCUT2D eigenvalue weighted by atomic mass is 35.5. The van der Waals surface area contributed by atoms with E-state index in [9.17, 15) is 23.9 Å². The van der Waals surface area contributed by atoms with Crippen LogP contribution in [0.15, 0.2) is 36.4 Å². The maximum atomic E-state index is 13.5. The molecule has 1 fully saturated rings. The van der Waals surface area contributed by atoms with Crippen molar-refractivity contribution in [2.75, 3.05) is 22.9 Å². The molecule has 32 heavy (non-hydrogen) atoms. The largest absolute Gasteiger partial charge is 0.373 e. The molecule has 2 aromatic carbocycles. The monoisotopic (exact) mass is 458 g/mol. The number of nitrogens with zero attached hydrogens (tertiary/aromatic N) is 2. The van der Waals surface area contributed by atoms with E-state index in [1.807, 2.05) is 6.07 Å². The Morgan fingerprint density at radius 2 is 1.97 bits per heavy atom. The van der Waals surface area contributed by atoms with Gasteiger partial charge in [0, 0.05) is 49.3 Å². The smallest absolute Gasteiger partial charge is 0.266 e. The van der Waals surface area contributed by atoms with Gasteiger partial charge in [-0.05, 0) is 66.8 Å². The van der Waals surface area contributed by atoms with Crippen molar-refractivity contribution in [1.82, 2.24) is 0 Å². The summed E-state index contributed by atoms with van der Waals surface area (Å²) in [4.78, 5) is 40.6. The molecule has 1 N–H and O–H groups in total. The first kappa shape index (κ1) is 22.4. The van der Waals surface area contributed by atoms with Crippen LogP contribution in [-0.4, -0.2) is 41.4 Å². The summed E-state index contributed by atoms with van der Waals surface area (Å²) in [5.41, 5.74) is 1.01. The van der Waals surface area contributed by atoms with Crippen LogP contribution in [0, 0.1) is 5.82 Å². The number of aryl methyl sites for hydroxylation is 1. The fourth-order valence-corrected chi connectivity index (χ4v) is 4.75. The van der Waals surface area contributed by atoms with Gasteiger partial charge in [0.05, 0.1) is 0 Å². The molecule has 2 heterocycles. The number of carbonyl (C=O) groups excluding carboxylic acids is 3. The van der Waals surface area contributed by atoms with E-state index >= 15 is 0 Å². The standard InChI is InChI=1S/C24H24ClFN2O4/c1-15(29)27-9-7-17-13-20(5-6-21(17)27)28-10-8-24(32,23(28)31)22(30)4-2-3-16-11-18(25)14-19(26)12-16/h5-6,11-14,32H,2-4,7-10H2,1H3. The third-order valence-corrected chi connectivity index (χ3v) is 6.42. The minimum absolute atomic E-state index is 0.00196. The minimum atomic E-state index is -2.05. The van der Waals surface area contributed by atoms with Gasteiger partial charge in [0.2, 0.25) is 11.5 Å². The van der Waals surface area contributed by atoms with E-state index in [2.05, 4.69) is 0 Å². The Bertz CT molecular complexity index is 1090. The van der Waals surface area contributed by atoms with Crippen LogP contribution >= 0.6 is 11.6 Å². The molecule has 1 atom stereocenters. The first-order valence-electron chi connectivity index (χ1n) is 10.6. The number of fused-ring (bicyclic) bond motifs is 1. The Kier molecular flexibility index (Phi) is 6.05. The zero-order chi connectivity index (χ0) is 23.0. The van der Waals surface area contributed by atoms with E-state index < -0.39 is 23.1 Å². The van der Waals surface area contributed by atoms with E-state index in [0.717, 1.165) is 11.3 Å². The van der Waals surface area contributed by atoms with Crippen molar-refractivity contribution in [3.63, 3.8) is 0 Å². The quantitative estimate of drug-likeness (QED) is 0.672. The van der Waals surface area contributed by atoms with Crippen molar-refractivity contribution in [3.05, 3.63) is 58.4 Å². The van der Waals surface area contributed by atoms with Crippen LogP contribution in [0.4, 0.5) is 15.8 Å². The molecule has 0 radical (unpaired) electrons.